The molecule has 0 aliphatic carbocycles. The molecule has 0 saturated heterocycles. The average Bonchev–Trinajstić information content (AvgIpc) is 2.31. The van der Waals surface area contributed by atoms with E-state index in [2.05, 4.69) is 12.2 Å². The van der Waals surface area contributed by atoms with Gasteiger partial charge in [-0.05, 0) is 31.5 Å². The maximum absolute atomic E-state index is 11.7. The Hall–Kier alpha value is -1.71. The second kappa shape index (κ2) is 6.78. The molecule has 0 aromatic heterocycles. The van der Waals surface area contributed by atoms with Crippen LogP contribution in [0.2, 0.25) is 0 Å². The number of carbonyl (C=O) groups is 1. The van der Waals surface area contributed by atoms with Gasteiger partial charge in [0.1, 0.15) is 0 Å². The van der Waals surface area contributed by atoms with Crippen molar-refractivity contribution < 1.29 is 9.53 Å². The highest BCUT2D eigenvalue weighted by Crippen LogP contribution is 2.20. The smallest absolute Gasteiger partial charge is 0.340 e. The lowest BCUT2D eigenvalue weighted by atomic mass is 10.1. The Morgan fingerprint density at radius 3 is 2.82 bits per heavy atom. The lowest BCUT2D eigenvalue weighted by Crippen LogP contribution is -2.11. The number of nitrogens with one attached hydrogen (secondary N) is 1. The zero-order valence-electron chi connectivity index (χ0n) is 10.5. The summed E-state index contributed by atoms with van der Waals surface area (Å²) in [5.74, 6) is -0.334. The molecule has 3 N–H and O–H groups in total. The van der Waals surface area contributed by atoms with Gasteiger partial charge in [0, 0.05) is 17.9 Å². The molecule has 0 bridgehead atoms. The van der Waals surface area contributed by atoms with E-state index in [4.69, 9.17) is 10.5 Å². The maximum Gasteiger partial charge on any atom is 0.340 e. The van der Waals surface area contributed by atoms with Gasteiger partial charge in [0.2, 0.25) is 0 Å². The van der Waals surface area contributed by atoms with Gasteiger partial charge in [0.15, 0.2) is 0 Å². The van der Waals surface area contributed by atoms with Crippen LogP contribution in [0.3, 0.4) is 0 Å². The SMILES string of the molecule is CCCCNc1ccc(N)cc1C(=O)OCC. The topological polar surface area (TPSA) is 64.3 Å². The number of carbonyl (C=O) groups excluding carboxylic acids is 1. The summed E-state index contributed by atoms with van der Waals surface area (Å²) in [5, 5.41) is 3.22. The summed E-state index contributed by atoms with van der Waals surface area (Å²) >= 11 is 0. The highest BCUT2D eigenvalue weighted by atomic mass is 16.5. The molecule has 1 aromatic carbocycles. The van der Waals surface area contributed by atoms with Gasteiger partial charge < -0.3 is 15.8 Å². The van der Waals surface area contributed by atoms with Gasteiger partial charge >= 0.3 is 5.97 Å². The Kier molecular flexibility index (Phi) is 5.33. The molecule has 0 amide bonds. The molecule has 1 aromatic rings. The molecule has 0 fully saturated rings. The number of nitrogens with two attached hydrogens (primary N) is 1. The van der Waals surface area contributed by atoms with Gasteiger partial charge in [-0.3, -0.25) is 0 Å². The van der Waals surface area contributed by atoms with Crippen molar-refractivity contribution in [2.45, 2.75) is 26.7 Å². The third kappa shape index (κ3) is 3.98. The fourth-order valence-corrected chi connectivity index (χ4v) is 1.49. The van der Waals surface area contributed by atoms with Crippen molar-refractivity contribution in [1.29, 1.82) is 0 Å². The normalized spacial score (nSPS) is 10.0. The number of unbranched alkanes of at least 4 members (excludes halogenated alkanes) is 1. The highest BCUT2D eigenvalue weighted by Gasteiger charge is 2.12. The molecule has 0 radical (unpaired) electrons. The van der Waals surface area contributed by atoms with Crippen LogP contribution in [0.4, 0.5) is 11.4 Å². The minimum atomic E-state index is -0.334. The average molecular weight is 236 g/mol. The van der Waals surface area contributed by atoms with E-state index in [1.54, 1.807) is 19.1 Å². The quantitative estimate of drug-likeness (QED) is 0.453. The largest absolute Gasteiger partial charge is 0.462 e. The van der Waals surface area contributed by atoms with E-state index in [-0.39, 0.29) is 5.97 Å². The molecular weight excluding hydrogens is 216 g/mol. The molecule has 0 saturated carbocycles. The third-order valence-electron chi connectivity index (χ3n) is 2.38. The number of ether oxygens (including phenoxy) is 1. The number of rotatable bonds is 6. The first-order valence-electron chi connectivity index (χ1n) is 5.99. The molecule has 0 unspecified atom stereocenters. The van der Waals surface area contributed by atoms with E-state index in [1.165, 1.54) is 0 Å². The Balaban J connectivity index is 2.83. The predicted octanol–water partition coefficient (Wildman–Crippen LogP) is 2.66. The van der Waals surface area contributed by atoms with Crippen LogP contribution in [0.1, 0.15) is 37.0 Å². The predicted molar refractivity (Wildman–Crippen MR) is 70.2 cm³/mol. The van der Waals surface area contributed by atoms with E-state index in [0.29, 0.717) is 17.9 Å². The molecule has 0 aliphatic heterocycles. The summed E-state index contributed by atoms with van der Waals surface area (Å²) in [7, 11) is 0. The van der Waals surface area contributed by atoms with E-state index < -0.39 is 0 Å². The molecule has 94 valence electrons. The molecule has 0 atom stereocenters. The lowest BCUT2D eigenvalue weighted by molar-refractivity contribution is 0.0527. The number of hydrogen-bond acceptors (Lipinski definition) is 4. The fraction of sp³-hybridized carbons (Fsp3) is 0.462. The van der Waals surface area contributed by atoms with Crippen molar-refractivity contribution in [3.63, 3.8) is 0 Å². The standard InChI is InChI=1S/C13H20N2O2/c1-3-5-8-15-12-7-6-10(14)9-11(12)13(16)17-4-2/h6-7,9,15H,3-5,8,14H2,1-2H3. The molecule has 1 rings (SSSR count). The molecule has 0 heterocycles. The van der Waals surface area contributed by atoms with Gasteiger partial charge in [0.25, 0.3) is 0 Å². The maximum atomic E-state index is 11.7. The van der Waals surface area contributed by atoms with Gasteiger partial charge in [0.05, 0.1) is 12.2 Å². The van der Waals surface area contributed by atoms with Crippen LogP contribution in [0.5, 0.6) is 0 Å². The summed E-state index contributed by atoms with van der Waals surface area (Å²) in [4.78, 5) is 11.7. The van der Waals surface area contributed by atoms with E-state index in [9.17, 15) is 4.79 Å². The zero-order valence-corrected chi connectivity index (χ0v) is 10.5. The van der Waals surface area contributed by atoms with Gasteiger partial charge in [-0.2, -0.15) is 0 Å². The van der Waals surface area contributed by atoms with Crippen molar-refractivity contribution in [1.82, 2.24) is 0 Å². The summed E-state index contributed by atoms with van der Waals surface area (Å²) in [6.45, 7) is 5.11. The second-order valence-corrected chi connectivity index (χ2v) is 3.81. The van der Waals surface area contributed by atoms with Crippen LogP contribution in [0.15, 0.2) is 18.2 Å². The highest BCUT2D eigenvalue weighted by molar-refractivity contribution is 5.96. The summed E-state index contributed by atoms with van der Waals surface area (Å²) in [6.07, 6.45) is 2.17. The van der Waals surface area contributed by atoms with Crippen LogP contribution in [-0.2, 0) is 4.74 Å². The molecule has 17 heavy (non-hydrogen) atoms. The second-order valence-electron chi connectivity index (χ2n) is 3.81. The molecule has 0 aliphatic rings. The van der Waals surface area contributed by atoms with E-state index in [1.807, 2.05) is 6.07 Å². The van der Waals surface area contributed by atoms with Crippen molar-refractivity contribution in [2.24, 2.45) is 0 Å². The first kappa shape index (κ1) is 13.4. The Bertz CT molecular complexity index is 378. The lowest BCUT2D eigenvalue weighted by Gasteiger charge is -2.11. The Morgan fingerprint density at radius 2 is 2.18 bits per heavy atom. The minimum Gasteiger partial charge on any atom is -0.462 e. The van der Waals surface area contributed by atoms with Crippen molar-refractivity contribution >= 4 is 17.3 Å². The van der Waals surface area contributed by atoms with E-state index in [0.717, 1.165) is 25.1 Å². The van der Waals surface area contributed by atoms with Crippen LogP contribution in [-0.4, -0.2) is 19.1 Å². The van der Waals surface area contributed by atoms with Crippen molar-refractivity contribution in [3.8, 4) is 0 Å². The third-order valence-corrected chi connectivity index (χ3v) is 2.38. The fourth-order valence-electron chi connectivity index (χ4n) is 1.49. The number of esters is 1. The van der Waals surface area contributed by atoms with Crippen LogP contribution in [0, 0.1) is 0 Å². The van der Waals surface area contributed by atoms with Gasteiger partial charge in [-0.25, -0.2) is 4.79 Å². The summed E-state index contributed by atoms with van der Waals surface area (Å²) in [6, 6.07) is 5.24. The van der Waals surface area contributed by atoms with Crippen LogP contribution in [0.25, 0.3) is 0 Å². The number of nitrogen functional groups attached to an aromatic ring is 1. The number of hydrogen-bond donors (Lipinski definition) is 2. The Labute approximate surface area is 102 Å². The minimum absolute atomic E-state index is 0.334. The van der Waals surface area contributed by atoms with E-state index >= 15 is 0 Å². The molecular formula is C13H20N2O2. The number of benzene rings is 1. The summed E-state index contributed by atoms with van der Waals surface area (Å²) in [5.41, 5.74) is 7.53. The van der Waals surface area contributed by atoms with Crippen LogP contribution < -0.4 is 11.1 Å². The summed E-state index contributed by atoms with van der Waals surface area (Å²) < 4.78 is 5.00. The Morgan fingerprint density at radius 1 is 1.41 bits per heavy atom. The van der Waals surface area contributed by atoms with Crippen molar-refractivity contribution in [3.05, 3.63) is 23.8 Å². The molecule has 0 spiro atoms. The molecule has 4 nitrogen and oxygen atoms in total. The zero-order chi connectivity index (χ0) is 12.7. The first-order chi connectivity index (χ1) is 8.19. The van der Waals surface area contributed by atoms with Gasteiger partial charge in [-0.15, -0.1) is 0 Å². The van der Waals surface area contributed by atoms with Crippen LogP contribution >= 0.6 is 0 Å². The monoisotopic (exact) mass is 236 g/mol. The number of anilines is 2. The first-order valence-corrected chi connectivity index (χ1v) is 5.99. The molecule has 4 heteroatoms. The van der Waals surface area contributed by atoms with Crippen molar-refractivity contribution in [2.75, 3.05) is 24.2 Å². The van der Waals surface area contributed by atoms with Gasteiger partial charge in [-0.1, -0.05) is 13.3 Å².